The molecule has 0 unspecified atom stereocenters. The van der Waals surface area contributed by atoms with Crippen molar-refractivity contribution in [2.75, 3.05) is 39.3 Å². The van der Waals surface area contributed by atoms with E-state index in [1.54, 1.807) is 4.90 Å². The van der Waals surface area contributed by atoms with Crippen molar-refractivity contribution in [3.05, 3.63) is 45.9 Å². The highest BCUT2D eigenvalue weighted by Gasteiger charge is 2.38. The summed E-state index contributed by atoms with van der Waals surface area (Å²) in [6.45, 7) is 2.67. The van der Waals surface area contributed by atoms with Gasteiger partial charge in [0.25, 0.3) is 5.24 Å². The third kappa shape index (κ3) is 8.22. The molecule has 13 heteroatoms. The number of aliphatic imine (C=N–C) groups is 1. The van der Waals surface area contributed by atoms with Crippen LogP contribution in [0.3, 0.4) is 0 Å². The van der Waals surface area contributed by atoms with Gasteiger partial charge in [-0.25, -0.2) is 0 Å². The number of thioether (sulfide) groups is 1. The van der Waals surface area contributed by atoms with Gasteiger partial charge in [-0.1, -0.05) is 12.1 Å². The van der Waals surface area contributed by atoms with Crippen molar-refractivity contribution in [1.82, 2.24) is 15.5 Å². The highest BCUT2D eigenvalue weighted by atomic mass is 32.2. The molecule has 1 aromatic carbocycles. The first kappa shape index (κ1) is 28.5. The van der Waals surface area contributed by atoms with Gasteiger partial charge in [0.2, 0.25) is 0 Å². The number of aliphatic hydroxyl groups excluding tert-OH is 1. The number of amidine groups is 1. The minimum absolute atomic E-state index is 0.0962. The Balaban J connectivity index is 1.59. The van der Waals surface area contributed by atoms with Crippen LogP contribution in [0, 0.1) is 5.92 Å². The number of aliphatic hydroxyl groups is 1. The molecule has 2 aliphatic rings. The van der Waals surface area contributed by atoms with E-state index < -0.39 is 23.5 Å². The number of piperidine rings is 1. The summed E-state index contributed by atoms with van der Waals surface area (Å²) in [5, 5.41) is 14.4. The van der Waals surface area contributed by atoms with E-state index in [1.807, 2.05) is 6.08 Å². The summed E-state index contributed by atoms with van der Waals surface area (Å²) in [5.41, 5.74) is -2.77. The second kappa shape index (κ2) is 12.4. The van der Waals surface area contributed by atoms with Gasteiger partial charge in [-0.3, -0.25) is 14.7 Å². The zero-order valence-corrected chi connectivity index (χ0v) is 20.2. The van der Waals surface area contributed by atoms with E-state index in [-0.39, 0.29) is 35.9 Å². The summed E-state index contributed by atoms with van der Waals surface area (Å²) in [6, 6.07) is 1.77. The van der Waals surface area contributed by atoms with Gasteiger partial charge < -0.3 is 15.7 Å². The molecule has 0 radical (unpaired) electrons. The van der Waals surface area contributed by atoms with Crippen molar-refractivity contribution >= 4 is 22.8 Å². The molecule has 2 aliphatic heterocycles. The number of likely N-dealkylation sites (tertiary alicyclic amines) is 1. The first-order chi connectivity index (χ1) is 17.0. The second-order valence-corrected chi connectivity index (χ2v) is 9.60. The fraction of sp³-hybridized carbons (Fsp3) is 0.565. The van der Waals surface area contributed by atoms with Crippen molar-refractivity contribution in [3.63, 3.8) is 0 Å². The lowest BCUT2D eigenvalue weighted by molar-refractivity contribution is -0.143. The smallest absolute Gasteiger partial charge is 0.396 e. The molecular formula is C23H28F6N4O2S. The Morgan fingerprint density at radius 1 is 1.14 bits per heavy atom. The zero-order valence-electron chi connectivity index (χ0n) is 19.4. The van der Waals surface area contributed by atoms with Crippen molar-refractivity contribution in [2.24, 2.45) is 10.9 Å². The van der Waals surface area contributed by atoms with E-state index in [1.165, 1.54) is 0 Å². The molecule has 0 aromatic heterocycles. The zero-order chi connectivity index (χ0) is 26.3. The predicted molar refractivity (Wildman–Crippen MR) is 126 cm³/mol. The number of hydrogen-bond donors (Lipinski definition) is 3. The van der Waals surface area contributed by atoms with Gasteiger partial charge >= 0.3 is 12.4 Å². The summed E-state index contributed by atoms with van der Waals surface area (Å²) >= 11 is 1.05. The monoisotopic (exact) mass is 538 g/mol. The standard InChI is InChI=1S/C23H28F6N4O2S/c24-22(25,26)17-3-2-16(18(13-17)23(27,28)29)14-33-9-4-15(5-10-33)12-19-20(32-21(35)36-19)31-8-7-30-6-1-11-34/h2-3,12-13,15,30,34H,1,4-11,14H2,(H,31,32,35)/b19-12-. The number of amides is 1. The maximum Gasteiger partial charge on any atom is 0.416 e. The quantitative estimate of drug-likeness (QED) is 0.315. The van der Waals surface area contributed by atoms with Crippen LogP contribution in [0.5, 0.6) is 0 Å². The molecule has 2 fully saturated rings. The Morgan fingerprint density at radius 3 is 2.50 bits per heavy atom. The van der Waals surface area contributed by atoms with Crippen LogP contribution in [0.15, 0.2) is 34.2 Å². The van der Waals surface area contributed by atoms with Gasteiger partial charge in [0, 0.05) is 19.7 Å². The molecule has 3 rings (SSSR count). The minimum atomic E-state index is -4.89. The van der Waals surface area contributed by atoms with Gasteiger partial charge in [0.05, 0.1) is 22.6 Å². The molecule has 0 aliphatic carbocycles. The van der Waals surface area contributed by atoms with Crippen LogP contribution < -0.4 is 10.6 Å². The van der Waals surface area contributed by atoms with Crippen molar-refractivity contribution in [3.8, 4) is 0 Å². The first-order valence-electron chi connectivity index (χ1n) is 11.5. The van der Waals surface area contributed by atoms with Crippen LogP contribution in [0.1, 0.15) is 36.0 Å². The van der Waals surface area contributed by atoms with E-state index in [0.717, 1.165) is 22.7 Å². The van der Waals surface area contributed by atoms with Crippen LogP contribution in [-0.2, 0) is 18.9 Å². The molecule has 6 nitrogen and oxygen atoms in total. The molecule has 1 aromatic rings. The van der Waals surface area contributed by atoms with Gasteiger partial charge in [-0.15, -0.1) is 0 Å². The minimum Gasteiger partial charge on any atom is -0.396 e. The van der Waals surface area contributed by atoms with E-state index >= 15 is 0 Å². The molecule has 36 heavy (non-hydrogen) atoms. The molecule has 0 saturated carbocycles. The average molecular weight is 539 g/mol. The third-order valence-electron chi connectivity index (χ3n) is 5.88. The molecule has 2 heterocycles. The fourth-order valence-corrected chi connectivity index (χ4v) is 4.85. The maximum absolute atomic E-state index is 13.4. The molecule has 3 N–H and O–H groups in total. The number of alkyl halides is 6. The number of carbonyl (C=O) groups is 1. The van der Waals surface area contributed by atoms with Crippen LogP contribution in [0.25, 0.3) is 0 Å². The van der Waals surface area contributed by atoms with Crippen molar-refractivity contribution in [1.29, 1.82) is 0 Å². The van der Waals surface area contributed by atoms with Crippen molar-refractivity contribution in [2.45, 2.75) is 38.2 Å². The maximum atomic E-state index is 13.4. The number of nitrogens with one attached hydrogen (secondary N) is 2. The van der Waals surface area contributed by atoms with Crippen molar-refractivity contribution < 1.29 is 36.2 Å². The Kier molecular flexibility index (Phi) is 9.84. The number of nitrogens with zero attached hydrogens (tertiary/aromatic N) is 2. The van der Waals surface area contributed by atoms with Crippen LogP contribution >= 0.6 is 11.8 Å². The summed E-state index contributed by atoms with van der Waals surface area (Å²) in [7, 11) is 0. The van der Waals surface area contributed by atoms with Gasteiger partial charge in [0.1, 0.15) is 5.84 Å². The summed E-state index contributed by atoms with van der Waals surface area (Å²) in [5.74, 6) is 0.593. The lowest BCUT2D eigenvalue weighted by Gasteiger charge is -2.31. The Morgan fingerprint density at radius 2 is 1.86 bits per heavy atom. The molecule has 0 atom stereocenters. The molecule has 200 valence electrons. The van der Waals surface area contributed by atoms with Crippen LogP contribution in [0.4, 0.5) is 31.1 Å². The number of hydrogen-bond acceptors (Lipinski definition) is 6. The number of halogens is 6. The SMILES string of the molecule is O=C1NC(=NCCNCCCO)/C(=C/C2CCN(Cc3ccc(C(F)(F)F)cc3C(F)(F)F)CC2)S1. The topological polar surface area (TPSA) is 77.0 Å². The number of benzene rings is 1. The normalized spacial score (nSPS) is 20.5. The largest absolute Gasteiger partial charge is 0.416 e. The van der Waals surface area contributed by atoms with Crippen LogP contribution in [-0.4, -0.2) is 60.4 Å². The first-order valence-corrected chi connectivity index (χ1v) is 12.4. The predicted octanol–water partition coefficient (Wildman–Crippen LogP) is 4.65. The highest BCUT2D eigenvalue weighted by Crippen LogP contribution is 2.38. The lowest BCUT2D eigenvalue weighted by atomic mass is 9.95. The van der Waals surface area contributed by atoms with E-state index in [2.05, 4.69) is 15.6 Å². The number of rotatable bonds is 9. The summed E-state index contributed by atoms with van der Waals surface area (Å²) in [6.07, 6.45) is -5.87. The lowest BCUT2D eigenvalue weighted by Crippen LogP contribution is -2.33. The number of carbonyl (C=O) groups excluding carboxylic acids is 1. The summed E-state index contributed by atoms with van der Waals surface area (Å²) in [4.78, 5) is 18.8. The molecule has 0 bridgehead atoms. The van der Waals surface area contributed by atoms with Gasteiger partial charge in [-0.2, -0.15) is 26.3 Å². The molecule has 0 spiro atoms. The Hall–Kier alpha value is -2.09. The summed E-state index contributed by atoms with van der Waals surface area (Å²) < 4.78 is 79.0. The van der Waals surface area contributed by atoms with Gasteiger partial charge in [-0.05, 0) is 74.3 Å². The second-order valence-electron chi connectivity index (χ2n) is 8.58. The molecule has 2 saturated heterocycles. The van der Waals surface area contributed by atoms with E-state index in [9.17, 15) is 31.1 Å². The third-order valence-corrected chi connectivity index (χ3v) is 6.72. The van der Waals surface area contributed by atoms with Crippen LogP contribution in [0.2, 0.25) is 0 Å². The van der Waals surface area contributed by atoms with E-state index in [4.69, 9.17) is 5.11 Å². The fourth-order valence-electron chi connectivity index (χ4n) is 4.03. The van der Waals surface area contributed by atoms with E-state index in [0.29, 0.717) is 63.9 Å². The molecular weight excluding hydrogens is 510 g/mol. The Labute approximate surface area is 209 Å². The highest BCUT2D eigenvalue weighted by molar-refractivity contribution is 8.18. The van der Waals surface area contributed by atoms with Gasteiger partial charge in [0.15, 0.2) is 0 Å². The Bertz CT molecular complexity index is 972. The number of allylic oxidation sites excluding steroid dienone is 1. The average Bonchev–Trinajstić information content (AvgIpc) is 3.15. The molecule has 1 amide bonds.